The molecule has 5 heteroatoms. The van der Waals surface area contributed by atoms with E-state index in [0.29, 0.717) is 15.1 Å². The van der Waals surface area contributed by atoms with Crippen molar-refractivity contribution in [3.63, 3.8) is 0 Å². The van der Waals surface area contributed by atoms with Gasteiger partial charge in [-0.1, -0.05) is 40.9 Å². The highest BCUT2D eigenvalue weighted by Crippen LogP contribution is 2.30. The largest absolute Gasteiger partial charge is 0.276 e. The average molecular weight is 248 g/mol. The van der Waals surface area contributed by atoms with Crippen LogP contribution in [0.3, 0.4) is 0 Å². The molecule has 0 bridgehead atoms. The molecule has 1 N–H and O–H groups in total. The lowest BCUT2D eigenvalue weighted by atomic mass is 10.1. The lowest BCUT2D eigenvalue weighted by Gasteiger charge is -2.00. The van der Waals surface area contributed by atoms with Gasteiger partial charge in [-0.05, 0) is 12.1 Å². The number of aromatic nitrogens is 2. The van der Waals surface area contributed by atoms with Crippen molar-refractivity contribution >= 4 is 34.8 Å². The van der Waals surface area contributed by atoms with Crippen molar-refractivity contribution in [2.45, 2.75) is 0 Å². The van der Waals surface area contributed by atoms with Crippen molar-refractivity contribution < 1.29 is 0 Å². The predicted molar refractivity (Wildman–Crippen MR) is 59.1 cm³/mol. The maximum absolute atomic E-state index is 5.90. The molecule has 1 aromatic carbocycles. The summed E-state index contributed by atoms with van der Waals surface area (Å²) in [6, 6.07) is 5.28. The standard InChI is InChI=1S/C9H5Cl3N2/c10-6-2-1-5(3-7(6)11)9-8(12)4-13-14-9/h1-4H,(H,13,14). The monoisotopic (exact) mass is 246 g/mol. The van der Waals surface area contributed by atoms with Gasteiger partial charge in [-0.25, -0.2) is 0 Å². The summed E-state index contributed by atoms with van der Waals surface area (Å²) in [5.41, 5.74) is 1.60. The molecule has 1 aromatic heterocycles. The van der Waals surface area contributed by atoms with Gasteiger partial charge >= 0.3 is 0 Å². The van der Waals surface area contributed by atoms with Gasteiger partial charge in [0.25, 0.3) is 0 Å². The van der Waals surface area contributed by atoms with Gasteiger partial charge in [0.1, 0.15) is 0 Å². The number of hydrogen-bond donors (Lipinski definition) is 1. The minimum absolute atomic E-state index is 0.495. The van der Waals surface area contributed by atoms with Gasteiger partial charge in [0.2, 0.25) is 0 Å². The average Bonchev–Trinajstić information content (AvgIpc) is 2.57. The zero-order chi connectivity index (χ0) is 10.1. The van der Waals surface area contributed by atoms with Crippen LogP contribution in [-0.2, 0) is 0 Å². The Hall–Kier alpha value is -0.700. The van der Waals surface area contributed by atoms with Crippen LogP contribution in [-0.4, -0.2) is 10.2 Å². The molecule has 0 radical (unpaired) electrons. The minimum atomic E-state index is 0.495. The van der Waals surface area contributed by atoms with Crippen molar-refractivity contribution in [3.05, 3.63) is 39.5 Å². The number of nitrogens with one attached hydrogen (secondary N) is 1. The molecule has 2 rings (SSSR count). The lowest BCUT2D eigenvalue weighted by Crippen LogP contribution is -1.79. The predicted octanol–water partition coefficient (Wildman–Crippen LogP) is 4.04. The van der Waals surface area contributed by atoms with Crippen LogP contribution in [0.2, 0.25) is 15.1 Å². The van der Waals surface area contributed by atoms with E-state index in [9.17, 15) is 0 Å². The number of hydrogen-bond acceptors (Lipinski definition) is 1. The lowest BCUT2D eigenvalue weighted by molar-refractivity contribution is 1.10. The summed E-state index contributed by atoms with van der Waals surface area (Å²) < 4.78 is 0. The van der Waals surface area contributed by atoms with Gasteiger partial charge in [0, 0.05) is 5.56 Å². The van der Waals surface area contributed by atoms with Crippen LogP contribution in [0.15, 0.2) is 24.4 Å². The summed E-state index contributed by atoms with van der Waals surface area (Å²) in [6.07, 6.45) is 1.54. The topological polar surface area (TPSA) is 28.7 Å². The maximum atomic E-state index is 5.90. The number of H-pyrrole nitrogens is 1. The molecule has 0 spiro atoms. The second-order valence-corrected chi connectivity index (χ2v) is 3.94. The Kier molecular flexibility index (Phi) is 2.68. The first-order chi connectivity index (χ1) is 6.68. The van der Waals surface area contributed by atoms with Gasteiger partial charge in [0.05, 0.1) is 27.0 Å². The van der Waals surface area contributed by atoms with Crippen LogP contribution < -0.4 is 0 Å². The molecule has 0 saturated heterocycles. The smallest absolute Gasteiger partial charge is 0.0862 e. The second kappa shape index (κ2) is 3.81. The van der Waals surface area contributed by atoms with E-state index in [-0.39, 0.29) is 0 Å². The van der Waals surface area contributed by atoms with Crippen molar-refractivity contribution in [1.82, 2.24) is 10.2 Å². The summed E-state index contributed by atoms with van der Waals surface area (Å²) in [5, 5.41) is 8.18. The molecule has 0 saturated carbocycles. The van der Waals surface area contributed by atoms with E-state index in [0.717, 1.165) is 11.3 Å². The first-order valence-electron chi connectivity index (χ1n) is 3.83. The number of aromatic amines is 1. The third-order valence-electron chi connectivity index (χ3n) is 1.80. The fourth-order valence-corrected chi connectivity index (χ4v) is 1.62. The summed E-state index contributed by atoms with van der Waals surface area (Å²) in [4.78, 5) is 0. The molecule has 0 fully saturated rings. The highest BCUT2D eigenvalue weighted by Gasteiger charge is 2.07. The van der Waals surface area contributed by atoms with Gasteiger partial charge in [-0.15, -0.1) is 0 Å². The quantitative estimate of drug-likeness (QED) is 0.809. The summed E-state index contributed by atoms with van der Waals surface area (Å²) in [5.74, 6) is 0. The molecule has 2 nitrogen and oxygen atoms in total. The Bertz CT molecular complexity index is 465. The maximum Gasteiger partial charge on any atom is 0.0862 e. The van der Waals surface area contributed by atoms with Crippen molar-refractivity contribution in [3.8, 4) is 11.3 Å². The number of benzene rings is 1. The molecule has 0 amide bonds. The van der Waals surface area contributed by atoms with Crippen LogP contribution >= 0.6 is 34.8 Å². The van der Waals surface area contributed by atoms with Gasteiger partial charge in [-0.2, -0.15) is 5.10 Å². The van der Waals surface area contributed by atoms with E-state index in [4.69, 9.17) is 34.8 Å². The molecular formula is C9H5Cl3N2. The molecular weight excluding hydrogens is 242 g/mol. The van der Waals surface area contributed by atoms with E-state index >= 15 is 0 Å². The Morgan fingerprint density at radius 2 is 1.79 bits per heavy atom. The molecule has 2 aromatic rings. The van der Waals surface area contributed by atoms with Gasteiger partial charge in [-0.3, -0.25) is 5.10 Å². The molecule has 0 aliphatic rings. The number of nitrogens with zero attached hydrogens (tertiary/aromatic N) is 1. The molecule has 14 heavy (non-hydrogen) atoms. The number of rotatable bonds is 1. The second-order valence-electron chi connectivity index (χ2n) is 2.72. The minimum Gasteiger partial charge on any atom is -0.276 e. The highest BCUT2D eigenvalue weighted by molar-refractivity contribution is 6.42. The number of halogens is 3. The van der Waals surface area contributed by atoms with Crippen LogP contribution in [0, 0.1) is 0 Å². The third-order valence-corrected chi connectivity index (χ3v) is 2.83. The fraction of sp³-hybridized carbons (Fsp3) is 0. The van der Waals surface area contributed by atoms with Crippen molar-refractivity contribution in [2.75, 3.05) is 0 Å². The van der Waals surface area contributed by atoms with Crippen LogP contribution in [0.4, 0.5) is 0 Å². The van der Waals surface area contributed by atoms with E-state index in [1.54, 1.807) is 18.3 Å². The molecule has 0 aliphatic carbocycles. The Morgan fingerprint density at radius 1 is 1.00 bits per heavy atom. The summed E-state index contributed by atoms with van der Waals surface area (Å²) in [7, 11) is 0. The highest BCUT2D eigenvalue weighted by atomic mass is 35.5. The summed E-state index contributed by atoms with van der Waals surface area (Å²) in [6.45, 7) is 0. The Morgan fingerprint density at radius 3 is 2.36 bits per heavy atom. The van der Waals surface area contributed by atoms with Gasteiger partial charge < -0.3 is 0 Å². The van der Waals surface area contributed by atoms with E-state index in [1.807, 2.05) is 6.07 Å². The molecule has 72 valence electrons. The van der Waals surface area contributed by atoms with Crippen LogP contribution in [0.5, 0.6) is 0 Å². The van der Waals surface area contributed by atoms with Crippen LogP contribution in [0.25, 0.3) is 11.3 Å². The SMILES string of the molecule is Clc1ccc(-c2[nH]ncc2Cl)cc1Cl. The first kappa shape index (κ1) is 9.84. The molecule has 0 atom stereocenters. The van der Waals surface area contributed by atoms with Crippen LogP contribution in [0.1, 0.15) is 0 Å². The van der Waals surface area contributed by atoms with E-state index in [2.05, 4.69) is 10.2 Å². The zero-order valence-corrected chi connectivity index (χ0v) is 9.16. The van der Waals surface area contributed by atoms with Gasteiger partial charge in [0.15, 0.2) is 0 Å². The Balaban J connectivity index is 2.53. The first-order valence-corrected chi connectivity index (χ1v) is 4.96. The zero-order valence-electron chi connectivity index (χ0n) is 6.89. The molecule has 1 heterocycles. The molecule has 0 unspecified atom stereocenters. The third kappa shape index (κ3) is 1.73. The van der Waals surface area contributed by atoms with E-state index < -0.39 is 0 Å². The van der Waals surface area contributed by atoms with E-state index in [1.165, 1.54) is 0 Å². The van der Waals surface area contributed by atoms with Crippen molar-refractivity contribution in [1.29, 1.82) is 0 Å². The van der Waals surface area contributed by atoms with Crippen molar-refractivity contribution in [2.24, 2.45) is 0 Å². The summed E-state index contributed by atoms with van der Waals surface area (Å²) >= 11 is 17.6. The molecule has 0 aliphatic heterocycles. The Labute approximate surface area is 95.8 Å². The fourth-order valence-electron chi connectivity index (χ4n) is 1.13. The normalized spacial score (nSPS) is 10.5.